The maximum Gasteiger partial charge on any atom is 0.254 e. The number of unbranched alkanes of at least 4 members (excludes halogenated alkanes) is 3. The van der Waals surface area contributed by atoms with Gasteiger partial charge in [-0.25, -0.2) is 0 Å². The molecule has 2 amide bonds. The molecule has 0 saturated carbocycles. The Labute approximate surface area is 199 Å². The van der Waals surface area contributed by atoms with Crippen LogP contribution in [0.15, 0.2) is 42.6 Å². The predicted octanol–water partition coefficient (Wildman–Crippen LogP) is 4.68. The number of aromatic nitrogens is 1. The fourth-order valence-corrected chi connectivity index (χ4v) is 3.79. The lowest BCUT2D eigenvalue weighted by Gasteiger charge is -2.28. The molecular weight excluding hydrogens is 414 g/mol. The van der Waals surface area contributed by atoms with Gasteiger partial charge in [-0.15, -0.1) is 0 Å². The number of aryl methyl sites for hydroxylation is 2. The van der Waals surface area contributed by atoms with Crippen molar-refractivity contribution in [2.45, 2.75) is 58.9 Å². The Morgan fingerprint density at radius 3 is 2.27 bits per heavy atom. The van der Waals surface area contributed by atoms with Gasteiger partial charge in [-0.1, -0.05) is 45.2 Å². The predicted molar refractivity (Wildman–Crippen MR) is 133 cm³/mol. The van der Waals surface area contributed by atoms with Gasteiger partial charge in [0, 0.05) is 44.7 Å². The summed E-state index contributed by atoms with van der Waals surface area (Å²) >= 11 is 0. The molecule has 2 rings (SSSR count). The van der Waals surface area contributed by atoms with E-state index in [2.05, 4.69) is 13.8 Å². The summed E-state index contributed by atoms with van der Waals surface area (Å²) in [4.78, 5) is 30.0. The molecule has 182 valence electrons. The molecule has 0 saturated heterocycles. The largest absolute Gasteiger partial charge is 0.383 e. The molecule has 0 spiro atoms. The van der Waals surface area contributed by atoms with Gasteiger partial charge in [-0.3, -0.25) is 9.59 Å². The van der Waals surface area contributed by atoms with Crippen molar-refractivity contribution in [1.29, 1.82) is 0 Å². The number of carbonyl (C=O) groups excluding carboxylic acids is 2. The Bertz CT molecular complexity index is 845. The number of amides is 2. The molecule has 0 aliphatic heterocycles. The summed E-state index contributed by atoms with van der Waals surface area (Å²) in [5, 5.41) is 0. The Morgan fingerprint density at radius 1 is 0.939 bits per heavy atom. The van der Waals surface area contributed by atoms with Crippen LogP contribution >= 0.6 is 0 Å². The minimum Gasteiger partial charge on any atom is -0.383 e. The highest BCUT2D eigenvalue weighted by Crippen LogP contribution is 2.13. The van der Waals surface area contributed by atoms with Crippen molar-refractivity contribution in [3.8, 4) is 0 Å². The average molecular weight is 456 g/mol. The monoisotopic (exact) mass is 455 g/mol. The Balaban J connectivity index is 2.10. The molecule has 0 N–H and O–H groups in total. The van der Waals surface area contributed by atoms with Crippen LogP contribution in [0.2, 0.25) is 0 Å². The first-order valence-corrected chi connectivity index (χ1v) is 12.2. The number of ether oxygens (including phenoxy) is 1. The Hall–Kier alpha value is -2.60. The van der Waals surface area contributed by atoms with Crippen molar-refractivity contribution >= 4 is 11.8 Å². The van der Waals surface area contributed by atoms with E-state index in [1.54, 1.807) is 16.9 Å². The zero-order valence-electron chi connectivity index (χ0n) is 20.9. The van der Waals surface area contributed by atoms with E-state index in [1.807, 2.05) is 54.2 Å². The van der Waals surface area contributed by atoms with E-state index in [9.17, 15) is 9.59 Å². The van der Waals surface area contributed by atoms with Crippen molar-refractivity contribution in [2.75, 3.05) is 33.4 Å². The highest BCUT2D eigenvalue weighted by Gasteiger charge is 2.22. The van der Waals surface area contributed by atoms with Crippen LogP contribution in [0.3, 0.4) is 0 Å². The van der Waals surface area contributed by atoms with E-state index in [4.69, 9.17) is 4.74 Å². The zero-order chi connectivity index (χ0) is 24.1. The normalized spacial score (nSPS) is 10.9. The van der Waals surface area contributed by atoms with Gasteiger partial charge in [0.25, 0.3) is 5.91 Å². The van der Waals surface area contributed by atoms with Crippen molar-refractivity contribution in [3.05, 3.63) is 59.4 Å². The molecule has 1 heterocycles. The average Bonchev–Trinajstić information content (AvgIpc) is 3.23. The van der Waals surface area contributed by atoms with Crippen LogP contribution in [0.25, 0.3) is 0 Å². The van der Waals surface area contributed by atoms with Crippen LogP contribution in [0, 0.1) is 0 Å². The van der Waals surface area contributed by atoms with Crippen molar-refractivity contribution < 1.29 is 14.3 Å². The summed E-state index contributed by atoms with van der Waals surface area (Å²) < 4.78 is 7.23. The molecule has 33 heavy (non-hydrogen) atoms. The molecule has 2 aromatic rings. The fraction of sp³-hybridized carbons (Fsp3) is 0.556. The number of hydrogen-bond donors (Lipinski definition) is 0. The summed E-state index contributed by atoms with van der Waals surface area (Å²) in [6, 6.07) is 11.9. The summed E-state index contributed by atoms with van der Waals surface area (Å²) in [6.45, 7) is 6.38. The first-order chi connectivity index (χ1) is 16.0. The molecule has 0 aliphatic rings. The third kappa shape index (κ3) is 8.69. The topological polar surface area (TPSA) is 54.8 Å². The molecule has 0 atom stereocenters. The number of carbonyl (C=O) groups is 2. The maximum absolute atomic E-state index is 13.3. The maximum atomic E-state index is 13.3. The number of hydrogen-bond acceptors (Lipinski definition) is 3. The van der Waals surface area contributed by atoms with Gasteiger partial charge >= 0.3 is 0 Å². The van der Waals surface area contributed by atoms with Crippen LogP contribution in [0.1, 0.15) is 67.6 Å². The van der Waals surface area contributed by atoms with E-state index in [0.29, 0.717) is 31.8 Å². The molecule has 0 unspecified atom stereocenters. The summed E-state index contributed by atoms with van der Waals surface area (Å²) in [5.74, 6) is -0.142. The van der Waals surface area contributed by atoms with E-state index in [0.717, 1.165) is 25.0 Å². The van der Waals surface area contributed by atoms with E-state index in [-0.39, 0.29) is 18.4 Å². The number of nitrogens with zero attached hydrogens (tertiary/aromatic N) is 3. The van der Waals surface area contributed by atoms with Gasteiger partial charge in [0.1, 0.15) is 6.54 Å². The molecule has 6 nitrogen and oxygen atoms in total. The fourth-order valence-electron chi connectivity index (χ4n) is 3.79. The molecular formula is C27H41N3O3. The second-order valence-electron chi connectivity index (χ2n) is 8.65. The molecule has 0 bridgehead atoms. The van der Waals surface area contributed by atoms with Gasteiger partial charge in [-0.2, -0.15) is 0 Å². The van der Waals surface area contributed by atoms with Crippen molar-refractivity contribution in [3.63, 3.8) is 0 Å². The van der Waals surface area contributed by atoms with Crippen molar-refractivity contribution in [1.82, 2.24) is 14.4 Å². The van der Waals surface area contributed by atoms with Crippen LogP contribution in [-0.2, 0) is 29.5 Å². The van der Waals surface area contributed by atoms with Gasteiger partial charge in [0.2, 0.25) is 5.91 Å². The standard InChI is InChI=1S/C27H41N3O3/c1-5-7-9-11-23-13-15-24(16-14-23)27(32)30(18-8-6-2)22-26(31)29(19-20-33-4)21-25-12-10-17-28(25)3/h10,12-17H,5-9,11,18-22H2,1-4H3. The first kappa shape index (κ1) is 26.7. The minimum absolute atomic E-state index is 0.0612. The molecule has 0 radical (unpaired) electrons. The van der Waals surface area contributed by atoms with E-state index >= 15 is 0 Å². The van der Waals surface area contributed by atoms with Crippen molar-refractivity contribution in [2.24, 2.45) is 7.05 Å². The lowest BCUT2D eigenvalue weighted by Crippen LogP contribution is -2.44. The lowest BCUT2D eigenvalue weighted by atomic mass is 10.0. The number of methoxy groups -OCH3 is 1. The van der Waals surface area contributed by atoms with Gasteiger partial charge in [-0.05, 0) is 49.1 Å². The van der Waals surface area contributed by atoms with E-state index < -0.39 is 0 Å². The lowest BCUT2D eigenvalue weighted by molar-refractivity contribution is -0.133. The third-order valence-electron chi connectivity index (χ3n) is 5.99. The SMILES string of the molecule is CCCCCc1ccc(C(=O)N(CCCC)CC(=O)N(CCOC)Cc2cccn2C)cc1. The molecule has 0 fully saturated rings. The molecule has 1 aromatic heterocycles. The quantitative estimate of drug-likeness (QED) is 0.367. The highest BCUT2D eigenvalue weighted by molar-refractivity contribution is 5.96. The second kappa shape index (κ2) is 14.5. The number of rotatable bonds is 15. The third-order valence-corrected chi connectivity index (χ3v) is 5.99. The van der Waals surface area contributed by atoms with Gasteiger partial charge < -0.3 is 19.1 Å². The zero-order valence-corrected chi connectivity index (χ0v) is 20.9. The highest BCUT2D eigenvalue weighted by atomic mass is 16.5. The van der Waals surface area contributed by atoms with Crippen LogP contribution < -0.4 is 0 Å². The number of benzene rings is 1. The van der Waals surface area contributed by atoms with Crippen LogP contribution in [0.5, 0.6) is 0 Å². The molecule has 1 aromatic carbocycles. The van der Waals surface area contributed by atoms with Gasteiger partial charge in [0.05, 0.1) is 13.2 Å². The Kier molecular flexibility index (Phi) is 11.7. The molecule has 6 heteroatoms. The first-order valence-electron chi connectivity index (χ1n) is 12.2. The minimum atomic E-state index is -0.0810. The van der Waals surface area contributed by atoms with Crippen LogP contribution in [0.4, 0.5) is 0 Å². The van der Waals surface area contributed by atoms with E-state index in [1.165, 1.54) is 24.8 Å². The second-order valence-corrected chi connectivity index (χ2v) is 8.65. The van der Waals surface area contributed by atoms with Crippen LogP contribution in [-0.4, -0.2) is 59.5 Å². The van der Waals surface area contributed by atoms with Gasteiger partial charge in [0.15, 0.2) is 0 Å². The smallest absolute Gasteiger partial charge is 0.254 e. The molecule has 0 aliphatic carbocycles. The Morgan fingerprint density at radius 2 is 1.67 bits per heavy atom. The summed E-state index contributed by atoms with van der Waals surface area (Å²) in [6.07, 6.45) is 8.41. The summed E-state index contributed by atoms with van der Waals surface area (Å²) in [7, 11) is 3.60. The summed E-state index contributed by atoms with van der Waals surface area (Å²) in [5.41, 5.74) is 2.94.